The van der Waals surface area contributed by atoms with Crippen LogP contribution in [0.4, 0.5) is 4.79 Å². The van der Waals surface area contributed by atoms with Crippen LogP contribution in [0.1, 0.15) is 35.7 Å². The Morgan fingerprint density at radius 2 is 2.38 bits per heavy atom. The van der Waals surface area contributed by atoms with Crippen LogP contribution in [0.3, 0.4) is 0 Å². The fourth-order valence-corrected chi connectivity index (χ4v) is 3.71. The van der Waals surface area contributed by atoms with Gasteiger partial charge in [0, 0.05) is 18.0 Å². The van der Waals surface area contributed by atoms with Gasteiger partial charge in [-0.05, 0) is 42.7 Å². The molecule has 0 radical (unpaired) electrons. The molecular weight excluding hydrogens is 220 g/mol. The monoisotopic (exact) mass is 236 g/mol. The second-order valence-electron chi connectivity index (χ2n) is 4.49. The van der Waals surface area contributed by atoms with E-state index in [1.54, 1.807) is 0 Å². The lowest BCUT2D eigenvalue weighted by molar-refractivity contribution is 0.154. The van der Waals surface area contributed by atoms with E-state index in [1.165, 1.54) is 23.3 Å². The molecule has 2 heterocycles. The first kappa shape index (κ1) is 10.1. The summed E-state index contributed by atoms with van der Waals surface area (Å²) in [5, 5.41) is 5.10. The summed E-state index contributed by atoms with van der Waals surface area (Å²) >= 11 is 1.84. The average Bonchev–Trinajstić information content (AvgIpc) is 2.77. The Morgan fingerprint density at radius 1 is 1.44 bits per heavy atom. The number of hydrogen-bond donors (Lipinski definition) is 1. The number of nitrogens with zero attached hydrogens (tertiary/aromatic N) is 1. The second-order valence-corrected chi connectivity index (χ2v) is 5.49. The van der Waals surface area contributed by atoms with Crippen LogP contribution in [0.15, 0.2) is 11.4 Å². The molecule has 86 valence electrons. The van der Waals surface area contributed by atoms with Crippen molar-refractivity contribution in [2.75, 3.05) is 13.1 Å². The van der Waals surface area contributed by atoms with Crippen molar-refractivity contribution < 1.29 is 4.79 Å². The van der Waals surface area contributed by atoms with Crippen molar-refractivity contribution >= 4 is 17.4 Å². The molecule has 0 spiro atoms. The van der Waals surface area contributed by atoms with Crippen molar-refractivity contribution in [2.45, 2.75) is 31.7 Å². The molecule has 2 amide bonds. The lowest BCUT2D eigenvalue weighted by atomic mass is 9.92. The minimum atomic E-state index is 0.121. The van der Waals surface area contributed by atoms with Crippen molar-refractivity contribution in [1.29, 1.82) is 0 Å². The molecule has 0 saturated carbocycles. The number of amides is 2. The molecule has 1 aliphatic carbocycles. The number of nitrogens with one attached hydrogen (secondary N) is 1. The van der Waals surface area contributed by atoms with E-state index < -0.39 is 0 Å². The van der Waals surface area contributed by atoms with Gasteiger partial charge < -0.3 is 10.2 Å². The highest BCUT2D eigenvalue weighted by Gasteiger charge is 2.30. The van der Waals surface area contributed by atoms with Gasteiger partial charge in [0.2, 0.25) is 0 Å². The lowest BCUT2D eigenvalue weighted by Crippen LogP contribution is -2.48. The van der Waals surface area contributed by atoms with Gasteiger partial charge in [-0.2, -0.15) is 0 Å². The number of aryl methyl sites for hydroxylation is 1. The van der Waals surface area contributed by atoms with Crippen LogP contribution in [0.2, 0.25) is 0 Å². The molecule has 1 aromatic rings. The predicted molar refractivity (Wildman–Crippen MR) is 64.7 cm³/mol. The van der Waals surface area contributed by atoms with Crippen molar-refractivity contribution in [3.8, 4) is 0 Å². The summed E-state index contributed by atoms with van der Waals surface area (Å²) in [6, 6.07) is 2.65. The average molecular weight is 236 g/mol. The Bertz CT molecular complexity index is 401. The summed E-state index contributed by atoms with van der Waals surface area (Å²) in [4.78, 5) is 15.3. The topological polar surface area (TPSA) is 32.3 Å². The number of carbonyl (C=O) groups excluding carboxylic acids is 1. The maximum absolute atomic E-state index is 11.8. The molecule has 1 N–H and O–H groups in total. The number of carbonyl (C=O) groups is 1. The molecule has 3 nitrogen and oxygen atoms in total. The fraction of sp³-hybridized carbons (Fsp3) is 0.583. The number of rotatable bonds is 1. The van der Waals surface area contributed by atoms with E-state index in [2.05, 4.69) is 16.8 Å². The Labute approximate surface area is 99.5 Å². The van der Waals surface area contributed by atoms with Gasteiger partial charge in [0.15, 0.2) is 0 Å². The summed E-state index contributed by atoms with van der Waals surface area (Å²) < 4.78 is 0. The standard InChI is InChI=1S/C12H16N2OS/c15-12-13-6-2-7-14(12)10-3-1-4-11-9(10)5-8-16-11/h5,8,10H,1-4,6-7H2,(H,13,15). The fourth-order valence-electron chi connectivity index (χ4n) is 2.73. The van der Waals surface area contributed by atoms with Gasteiger partial charge in [-0.15, -0.1) is 11.3 Å². The van der Waals surface area contributed by atoms with E-state index in [-0.39, 0.29) is 6.03 Å². The summed E-state index contributed by atoms with van der Waals surface area (Å²) in [5.74, 6) is 0. The molecule has 0 aromatic carbocycles. The number of hydrogen-bond acceptors (Lipinski definition) is 2. The van der Waals surface area contributed by atoms with Crippen molar-refractivity contribution in [3.63, 3.8) is 0 Å². The maximum Gasteiger partial charge on any atom is 0.317 e. The third kappa shape index (κ3) is 1.61. The van der Waals surface area contributed by atoms with Gasteiger partial charge in [-0.3, -0.25) is 0 Å². The largest absolute Gasteiger partial charge is 0.338 e. The Hall–Kier alpha value is -1.03. The van der Waals surface area contributed by atoms with Gasteiger partial charge in [-0.1, -0.05) is 0 Å². The molecule has 1 unspecified atom stereocenters. The van der Waals surface area contributed by atoms with E-state index in [9.17, 15) is 4.79 Å². The first-order chi connectivity index (χ1) is 7.86. The van der Waals surface area contributed by atoms with Gasteiger partial charge >= 0.3 is 6.03 Å². The van der Waals surface area contributed by atoms with Crippen LogP contribution in [-0.2, 0) is 6.42 Å². The van der Waals surface area contributed by atoms with E-state index in [0.717, 1.165) is 25.9 Å². The third-order valence-electron chi connectivity index (χ3n) is 3.51. The molecule has 1 aliphatic heterocycles. The van der Waals surface area contributed by atoms with E-state index in [4.69, 9.17) is 0 Å². The maximum atomic E-state index is 11.8. The SMILES string of the molecule is O=C1NCCCN1C1CCCc2sccc21. The van der Waals surface area contributed by atoms with Crippen LogP contribution in [0, 0.1) is 0 Å². The van der Waals surface area contributed by atoms with Crippen molar-refractivity contribution in [2.24, 2.45) is 0 Å². The molecule has 16 heavy (non-hydrogen) atoms. The number of thiophene rings is 1. The lowest BCUT2D eigenvalue weighted by Gasteiger charge is -2.37. The molecule has 0 bridgehead atoms. The molecule has 1 aromatic heterocycles. The summed E-state index contributed by atoms with van der Waals surface area (Å²) in [7, 11) is 0. The van der Waals surface area contributed by atoms with Crippen LogP contribution in [0.5, 0.6) is 0 Å². The Kier molecular flexibility index (Phi) is 2.59. The smallest absolute Gasteiger partial charge is 0.317 e. The van der Waals surface area contributed by atoms with Gasteiger partial charge in [0.05, 0.1) is 6.04 Å². The first-order valence-electron chi connectivity index (χ1n) is 5.97. The number of urea groups is 1. The summed E-state index contributed by atoms with van der Waals surface area (Å²) in [5.41, 5.74) is 1.40. The minimum absolute atomic E-state index is 0.121. The normalized spacial score (nSPS) is 25.1. The molecule has 2 aliphatic rings. The first-order valence-corrected chi connectivity index (χ1v) is 6.85. The predicted octanol–water partition coefficient (Wildman–Crippen LogP) is 2.54. The zero-order chi connectivity index (χ0) is 11.0. The van der Waals surface area contributed by atoms with Crippen LogP contribution in [-0.4, -0.2) is 24.0 Å². The van der Waals surface area contributed by atoms with Gasteiger partial charge in [-0.25, -0.2) is 4.79 Å². The van der Waals surface area contributed by atoms with Crippen molar-refractivity contribution in [3.05, 3.63) is 21.9 Å². The summed E-state index contributed by atoms with van der Waals surface area (Å²) in [6.07, 6.45) is 4.60. The van der Waals surface area contributed by atoms with Crippen LogP contribution in [0.25, 0.3) is 0 Å². The highest BCUT2D eigenvalue weighted by molar-refractivity contribution is 7.10. The molecule has 3 rings (SSSR count). The van der Waals surface area contributed by atoms with E-state index in [1.807, 2.05) is 16.2 Å². The highest BCUT2D eigenvalue weighted by Crippen LogP contribution is 2.37. The Balaban J connectivity index is 1.88. The molecule has 1 saturated heterocycles. The third-order valence-corrected chi connectivity index (χ3v) is 4.51. The molecule has 1 atom stereocenters. The zero-order valence-electron chi connectivity index (χ0n) is 9.24. The second kappa shape index (κ2) is 4.09. The summed E-state index contributed by atoms with van der Waals surface area (Å²) in [6.45, 7) is 1.74. The van der Waals surface area contributed by atoms with Crippen molar-refractivity contribution in [1.82, 2.24) is 10.2 Å². The Morgan fingerprint density at radius 3 is 3.25 bits per heavy atom. The number of fused-ring (bicyclic) bond motifs is 1. The van der Waals surface area contributed by atoms with Gasteiger partial charge in [0.1, 0.15) is 0 Å². The molecule has 4 heteroatoms. The van der Waals surface area contributed by atoms with E-state index in [0.29, 0.717) is 6.04 Å². The molecular formula is C12H16N2OS. The van der Waals surface area contributed by atoms with Crippen LogP contribution >= 0.6 is 11.3 Å². The van der Waals surface area contributed by atoms with E-state index >= 15 is 0 Å². The van der Waals surface area contributed by atoms with Gasteiger partial charge in [0.25, 0.3) is 0 Å². The zero-order valence-corrected chi connectivity index (χ0v) is 10.1. The van der Waals surface area contributed by atoms with Crippen LogP contribution < -0.4 is 5.32 Å². The molecule has 1 fully saturated rings. The quantitative estimate of drug-likeness (QED) is 0.798. The highest BCUT2D eigenvalue weighted by atomic mass is 32.1. The minimum Gasteiger partial charge on any atom is -0.338 e.